The van der Waals surface area contributed by atoms with Crippen LogP contribution in [0.3, 0.4) is 0 Å². The van der Waals surface area contributed by atoms with Crippen molar-refractivity contribution in [3.63, 3.8) is 0 Å². The van der Waals surface area contributed by atoms with Crippen LogP contribution in [-0.4, -0.2) is 19.7 Å². The summed E-state index contributed by atoms with van der Waals surface area (Å²) in [6.45, 7) is 0.0938. The van der Waals surface area contributed by atoms with Crippen LogP contribution in [0.1, 0.15) is 26.3 Å². The van der Waals surface area contributed by atoms with Gasteiger partial charge in [-0.1, -0.05) is 18.2 Å². The topological polar surface area (TPSA) is 56.5 Å². The van der Waals surface area contributed by atoms with Crippen molar-refractivity contribution >= 4 is 23.5 Å². The van der Waals surface area contributed by atoms with Gasteiger partial charge in [-0.3, -0.25) is 9.59 Å². The molecule has 0 spiro atoms. The molecule has 150 valence electrons. The number of methoxy groups -OCH3 is 1. The van der Waals surface area contributed by atoms with Crippen molar-refractivity contribution < 1.29 is 27.5 Å². The smallest absolute Gasteiger partial charge is 0.154 e. The molecular formula is C24H16F2O4. The third-order valence-corrected chi connectivity index (χ3v) is 4.87. The van der Waals surface area contributed by atoms with Crippen LogP contribution in [0.25, 0.3) is 33.4 Å². The maximum Gasteiger partial charge on any atom is 0.154 e. The van der Waals surface area contributed by atoms with E-state index < -0.39 is 11.6 Å². The standard InChI is InChI=1S/C24H16F2O4/c1-29-13-17-10-20-22(23(26)21(17)16-4-2-3-14(9-16)11-27)19(12-28)24(30-20)15-5-7-18(25)8-6-15/h2-12H,13H2,1H3. The van der Waals surface area contributed by atoms with Gasteiger partial charge in [0.25, 0.3) is 0 Å². The first-order chi connectivity index (χ1) is 14.6. The lowest BCUT2D eigenvalue weighted by Crippen LogP contribution is -1.98. The van der Waals surface area contributed by atoms with Gasteiger partial charge in [0.05, 0.1) is 17.6 Å². The molecule has 0 aliphatic carbocycles. The highest BCUT2D eigenvalue weighted by atomic mass is 19.1. The first-order valence-electron chi connectivity index (χ1n) is 9.11. The number of hydrogen-bond acceptors (Lipinski definition) is 4. The first kappa shape index (κ1) is 19.7. The Morgan fingerprint density at radius 3 is 2.40 bits per heavy atom. The number of ether oxygens (including phenoxy) is 1. The summed E-state index contributed by atoms with van der Waals surface area (Å²) in [6, 6.07) is 13.5. The number of carbonyl (C=O) groups excluding carboxylic acids is 2. The predicted octanol–water partition coefficient (Wildman–Crippen LogP) is 5.82. The van der Waals surface area contributed by atoms with E-state index in [1.807, 2.05) is 0 Å². The third-order valence-electron chi connectivity index (χ3n) is 4.87. The first-order valence-corrected chi connectivity index (χ1v) is 9.11. The molecule has 4 rings (SSSR count). The fourth-order valence-electron chi connectivity index (χ4n) is 3.56. The fraction of sp³-hybridized carbons (Fsp3) is 0.0833. The molecule has 0 N–H and O–H groups in total. The Hall–Kier alpha value is -3.64. The van der Waals surface area contributed by atoms with Gasteiger partial charge >= 0.3 is 0 Å². The van der Waals surface area contributed by atoms with Gasteiger partial charge in [0, 0.05) is 23.8 Å². The second kappa shape index (κ2) is 8.00. The van der Waals surface area contributed by atoms with Crippen LogP contribution in [0.4, 0.5) is 8.78 Å². The number of hydrogen-bond donors (Lipinski definition) is 0. The van der Waals surface area contributed by atoms with Crippen LogP contribution in [0.2, 0.25) is 0 Å². The zero-order valence-electron chi connectivity index (χ0n) is 15.9. The van der Waals surface area contributed by atoms with E-state index in [2.05, 4.69) is 0 Å². The Morgan fingerprint density at radius 2 is 1.73 bits per heavy atom. The largest absolute Gasteiger partial charge is 0.455 e. The highest BCUT2D eigenvalue weighted by Gasteiger charge is 2.24. The number of rotatable bonds is 6. The molecule has 0 fully saturated rings. The van der Waals surface area contributed by atoms with Crippen molar-refractivity contribution in [2.24, 2.45) is 0 Å². The maximum absolute atomic E-state index is 15.8. The van der Waals surface area contributed by atoms with Crippen LogP contribution < -0.4 is 0 Å². The molecule has 4 nitrogen and oxygen atoms in total. The number of aldehydes is 2. The van der Waals surface area contributed by atoms with E-state index in [4.69, 9.17) is 9.15 Å². The van der Waals surface area contributed by atoms with Crippen LogP contribution in [0.15, 0.2) is 59.0 Å². The van der Waals surface area contributed by atoms with Crippen LogP contribution in [-0.2, 0) is 11.3 Å². The van der Waals surface area contributed by atoms with Crippen molar-refractivity contribution in [3.8, 4) is 22.5 Å². The molecule has 0 saturated heterocycles. The van der Waals surface area contributed by atoms with E-state index in [-0.39, 0.29) is 34.5 Å². The zero-order chi connectivity index (χ0) is 21.3. The Bertz CT molecular complexity index is 1260. The molecule has 0 saturated carbocycles. The lowest BCUT2D eigenvalue weighted by Gasteiger charge is -2.12. The van der Waals surface area contributed by atoms with Gasteiger partial charge in [-0.15, -0.1) is 0 Å². The molecule has 3 aromatic carbocycles. The lowest BCUT2D eigenvalue weighted by molar-refractivity contribution is 0.111. The van der Waals surface area contributed by atoms with E-state index in [0.29, 0.717) is 34.8 Å². The van der Waals surface area contributed by atoms with E-state index in [0.717, 1.165) is 0 Å². The van der Waals surface area contributed by atoms with Gasteiger partial charge in [-0.25, -0.2) is 8.78 Å². The minimum Gasteiger partial charge on any atom is -0.455 e. The summed E-state index contributed by atoms with van der Waals surface area (Å²) in [7, 11) is 1.48. The summed E-state index contributed by atoms with van der Waals surface area (Å²) in [5, 5.41) is 0.0238. The summed E-state index contributed by atoms with van der Waals surface area (Å²) in [5.74, 6) is -0.934. The lowest BCUT2D eigenvalue weighted by atomic mass is 9.94. The molecule has 0 unspecified atom stereocenters. The Kier molecular flexibility index (Phi) is 5.25. The second-order valence-electron chi connectivity index (χ2n) is 6.74. The number of furan rings is 1. The van der Waals surface area contributed by atoms with Gasteiger partial charge in [-0.05, 0) is 47.5 Å². The fourth-order valence-corrected chi connectivity index (χ4v) is 3.56. The number of fused-ring (bicyclic) bond motifs is 1. The van der Waals surface area contributed by atoms with E-state index in [1.54, 1.807) is 30.3 Å². The average molecular weight is 406 g/mol. The van der Waals surface area contributed by atoms with Crippen LogP contribution in [0, 0.1) is 11.6 Å². The second-order valence-corrected chi connectivity index (χ2v) is 6.74. The SMILES string of the molecule is COCc1cc2oc(-c3ccc(F)cc3)c(C=O)c2c(F)c1-c1cccc(C=O)c1. The zero-order valence-corrected chi connectivity index (χ0v) is 15.9. The van der Waals surface area contributed by atoms with Gasteiger partial charge in [-0.2, -0.15) is 0 Å². The van der Waals surface area contributed by atoms with Gasteiger partial charge in [0.1, 0.15) is 29.3 Å². The van der Waals surface area contributed by atoms with Gasteiger partial charge < -0.3 is 9.15 Å². The van der Waals surface area contributed by atoms with E-state index in [1.165, 1.54) is 31.4 Å². The molecule has 6 heteroatoms. The minimum absolute atomic E-state index is 0.0238. The van der Waals surface area contributed by atoms with Crippen LogP contribution in [0.5, 0.6) is 0 Å². The van der Waals surface area contributed by atoms with E-state index in [9.17, 15) is 14.0 Å². The highest BCUT2D eigenvalue weighted by Crippen LogP contribution is 2.40. The third kappa shape index (κ3) is 3.31. The molecular weight excluding hydrogens is 390 g/mol. The van der Waals surface area contributed by atoms with Crippen molar-refractivity contribution in [2.75, 3.05) is 7.11 Å². The molecule has 30 heavy (non-hydrogen) atoms. The molecule has 0 bridgehead atoms. The summed E-state index contributed by atoms with van der Waals surface area (Å²) in [4.78, 5) is 23.1. The Labute approximate surface area is 170 Å². The average Bonchev–Trinajstić information content (AvgIpc) is 3.13. The highest BCUT2D eigenvalue weighted by molar-refractivity contribution is 6.05. The molecule has 0 aliphatic heterocycles. The van der Waals surface area contributed by atoms with Crippen molar-refractivity contribution in [1.29, 1.82) is 0 Å². The number of halogens is 2. The van der Waals surface area contributed by atoms with Crippen LogP contribution >= 0.6 is 0 Å². The molecule has 0 atom stereocenters. The van der Waals surface area contributed by atoms with Gasteiger partial charge in [0.15, 0.2) is 6.29 Å². The monoisotopic (exact) mass is 406 g/mol. The molecule has 0 radical (unpaired) electrons. The summed E-state index contributed by atoms with van der Waals surface area (Å²) < 4.78 is 40.1. The number of benzene rings is 3. The summed E-state index contributed by atoms with van der Waals surface area (Å²) in [5.41, 5.74) is 2.26. The summed E-state index contributed by atoms with van der Waals surface area (Å²) >= 11 is 0. The molecule has 1 aromatic heterocycles. The molecule has 1 heterocycles. The van der Waals surface area contributed by atoms with Crippen molar-refractivity contribution in [2.45, 2.75) is 6.61 Å². The molecule has 0 aliphatic rings. The van der Waals surface area contributed by atoms with E-state index >= 15 is 4.39 Å². The molecule has 4 aromatic rings. The normalized spacial score (nSPS) is 11.0. The quantitative estimate of drug-likeness (QED) is 0.379. The van der Waals surface area contributed by atoms with Gasteiger partial charge in [0.2, 0.25) is 0 Å². The number of carbonyl (C=O) groups is 2. The Balaban J connectivity index is 2.04. The van der Waals surface area contributed by atoms with Crippen molar-refractivity contribution in [3.05, 3.63) is 82.9 Å². The summed E-state index contributed by atoms with van der Waals surface area (Å²) in [6.07, 6.45) is 1.20. The van der Waals surface area contributed by atoms with Crippen molar-refractivity contribution in [1.82, 2.24) is 0 Å². The predicted molar refractivity (Wildman–Crippen MR) is 108 cm³/mol. The molecule has 0 amide bonds. The maximum atomic E-state index is 15.8. The Morgan fingerprint density at radius 1 is 0.967 bits per heavy atom. The minimum atomic E-state index is -0.651.